The van der Waals surface area contributed by atoms with Crippen LogP contribution in [0.5, 0.6) is 0 Å². The van der Waals surface area contributed by atoms with E-state index in [0.717, 1.165) is 5.84 Å². The molecule has 0 spiro atoms. The van der Waals surface area contributed by atoms with E-state index >= 15 is 0 Å². The highest BCUT2D eigenvalue weighted by molar-refractivity contribution is 5.84. The van der Waals surface area contributed by atoms with Crippen molar-refractivity contribution in [1.29, 1.82) is 0 Å². The van der Waals surface area contributed by atoms with E-state index in [9.17, 15) is 0 Å². The quantitative estimate of drug-likeness (QED) is 0.230. The third-order valence-electron chi connectivity index (χ3n) is 1.88. The van der Waals surface area contributed by atoms with Crippen LogP contribution in [-0.2, 0) is 0 Å². The molecule has 0 bridgehead atoms. The number of hydrogen-bond donors (Lipinski definition) is 2. The van der Waals surface area contributed by atoms with Crippen molar-refractivity contribution >= 4 is 5.84 Å². The van der Waals surface area contributed by atoms with Crippen molar-refractivity contribution in [2.45, 2.75) is 19.3 Å². The lowest BCUT2D eigenvalue weighted by atomic mass is 9.84. The Morgan fingerprint density at radius 3 is 2.44 bits per heavy atom. The number of nitrogens with one attached hydrogen (secondary N) is 1. The van der Waals surface area contributed by atoms with E-state index < -0.39 is 0 Å². The van der Waals surface area contributed by atoms with Gasteiger partial charge in [0.05, 0.1) is 0 Å². The van der Waals surface area contributed by atoms with Crippen molar-refractivity contribution in [2.24, 2.45) is 16.8 Å². The van der Waals surface area contributed by atoms with Crippen molar-refractivity contribution in [3.8, 4) is 0 Å². The van der Waals surface area contributed by atoms with Crippen LogP contribution in [0.2, 0.25) is 0 Å². The van der Waals surface area contributed by atoms with Gasteiger partial charge in [0.2, 0.25) is 0 Å². The smallest absolute Gasteiger partial charge is 0.113 e. The first-order valence-corrected chi connectivity index (χ1v) is 3.31. The average Bonchev–Trinajstić information content (AvgIpc) is 1.78. The Kier molecular flexibility index (Phi) is 2.05. The molecule has 1 saturated carbocycles. The molecule has 1 rings (SSSR count). The van der Waals surface area contributed by atoms with E-state index in [4.69, 9.17) is 5.84 Å². The number of nitrogens with zero attached hydrogens (tertiary/aromatic N) is 1. The molecular weight excluding hydrogens is 114 g/mol. The average molecular weight is 127 g/mol. The molecule has 0 amide bonds. The van der Waals surface area contributed by atoms with Crippen molar-refractivity contribution in [3.05, 3.63) is 0 Å². The first-order valence-electron chi connectivity index (χ1n) is 3.31. The van der Waals surface area contributed by atoms with Crippen LogP contribution in [0.4, 0.5) is 0 Å². The normalized spacial score (nSPS) is 21.3. The molecule has 1 fully saturated rings. The molecule has 1 aliphatic carbocycles. The molecule has 0 heterocycles. The van der Waals surface area contributed by atoms with Gasteiger partial charge in [0.25, 0.3) is 0 Å². The van der Waals surface area contributed by atoms with Gasteiger partial charge in [-0.1, -0.05) is 6.42 Å². The standard InChI is InChI=1S/C6H13N3/c1-8-6(9-7)5-3-2-4-5/h5H,2-4,7H2,1H3,(H,8,9). The first kappa shape index (κ1) is 6.55. The van der Waals surface area contributed by atoms with Crippen LogP contribution in [0.1, 0.15) is 19.3 Å². The Balaban J connectivity index is 2.37. The minimum atomic E-state index is 0.625. The SMILES string of the molecule is CN=C(NN)C1CCC1. The molecule has 0 aliphatic heterocycles. The Morgan fingerprint density at radius 1 is 1.67 bits per heavy atom. The van der Waals surface area contributed by atoms with Crippen molar-refractivity contribution < 1.29 is 0 Å². The molecule has 1 aliphatic rings. The van der Waals surface area contributed by atoms with Crippen molar-refractivity contribution in [2.75, 3.05) is 7.05 Å². The number of hydrogen-bond acceptors (Lipinski definition) is 2. The fourth-order valence-electron chi connectivity index (χ4n) is 1.05. The van der Waals surface area contributed by atoms with Gasteiger partial charge in [-0.25, -0.2) is 5.84 Å². The molecule has 0 unspecified atom stereocenters. The van der Waals surface area contributed by atoms with Crippen LogP contribution in [-0.4, -0.2) is 12.9 Å². The van der Waals surface area contributed by atoms with Gasteiger partial charge in [-0.15, -0.1) is 0 Å². The van der Waals surface area contributed by atoms with Gasteiger partial charge in [0.15, 0.2) is 0 Å². The first-order chi connectivity index (χ1) is 4.38. The number of amidine groups is 1. The zero-order valence-electron chi connectivity index (χ0n) is 5.72. The second kappa shape index (κ2) is 2.82. The zero-order chi connectivity index (χ0) is 6.69. The maximum Gasteiger partial charge on any atom is 0.113 e. The van der Waals surface area contributed by atoms with Gasteiger partial charge in [-0.3, -0.25) is 4.99 Å². The molecule has 0 atom stereocenters. The van der Waals surface area contributed by atoms with Gasteiger partial charge in [0.1, 0.15) is 5.84 Å². The molecule has 0 aromatic rings. The topological polar surface area (TPSA) is 50.4 Å². The summed E-state index contributed by atoms with van der Waals surface area (Å²) in [6.45, 7) is 0. The minimum Gasteiger partial charge on any atom is -0.312 e. The van der Waals surface area contributed by atoms with Crippen LogP contribution in [0.3, 0.4) is 0 Å². The molecule has 0 radical (unpaired) electrons. The molecule has 3 nitrogen and oxygen atoms in total. The van der Waals surface area contributed by atoms with E-state index in [1.54, 1.807) is 7.05 Å². The number of rotatable bonds is 1. The van der Waals surface area contributed by atoms with Crippen molar-refractivity contribution in [3.63, 3.8) is 0 Å². The summed E-state index contributed by atoms with van der Waals surface area (Å²) in [5.41, 5.74) is 2.60. The third kappa shape index (κ3) is 1.21. The second-order valence-electron chi connectivity index (χ2n) is 2.38. The highest BCUT2D eigenvalue weighted by Crippen LogP contribution is 2.26. The van der Waals surface area contributed by atoms with E-state index in [1.165, 1.54) is 19.3 Å². The molecule has 3 heteroatoms. The predicted octanol–water partition coefficient (Wildman–Crippen LogP) is 0.278. The van der Waals surface area contributed by atoms with Crippen LogP contribution in [0.25, 0.3) is 0 Å². The molecule has 0 aromatic carbocycles. The zero-order valence-corrected chi connectivity index (χ0v) is 5.72. The van der Waals surface area contributed by atoms with Gasteiger partial charge in [-0.05, 0) is 12.8 Å². The van der Waals surface area contributed by atoms with Crippen LogP contribution < -0.4 is 11.3 Å². The fraction of sp³-hybridized carbons (Fsp3) is 0.833. The summed E-state index contributed by atoms with van der Waals surface area (Å²) < 4.78 is 0. The lowest BCUT2D eigenvalue weighted by Crippen LogP contribution is -2.38. The largest absolute Gasteiger partial charge is 0.312 e. The number of aliphatic imine (C=N–C) groups is 1. The van der Waals surface area contributed by atoms with Gasteiger partial charge < -0.3 is 5.43 Å². The third-order valence-corrected chi connectivity index (χ3v) is 1.88. The van der Waals surface area contributed by atoms with Crippen LogP contribution in [0.15, 0.2) is 4.99 Å². The highest BCUT2D eigenvalue weighted by atomic mass is 15.3. The Morgan fingerprint density at radius 2 is 2.33 bits per heavy atom. The van der Waals surface area contributed by atoms with Crippen molar-refractivity contribution in [1.82, 2.24) is 5.43 Å². The van der Waals surface area contributed by atoms with E-state index in [0.29, 0.717) is 5.92 Å². The summed E-state index contributed by atoms with van der Waals surface area (Å²) in [5.74, 6) is 6.80. The second-order valence-corrected chi connectivity index (χ2v) is 2.38. The summed E-state index contributed by atoms with van der Waals surface area (Å²) in [4.78, 5) is 4.01. The van der Waals surface area contributed by atoms with Gasteiger partial charge in [0, 0.05) is 13.0 Å². The molecule has 0 aromatic heterocycles. The fourth-order valence-corrected chi connectivity index (χ4v) is 1.05. The molecule has 3 N–H and O–H groups in total. The summed E-state index contributed by atoms with van der Waals surface area (Å²) in [6.07, 6.45) is 3.82. The maximum atomic E-state index is 5.21. The van der Waals surface area contributed by atoms with Crippen LogP contribution >= 0.6 is 0 Å². The number of hydrazine groups is 1. The van der Waals surface area contributed by atoms with E-state index in [2.05, 4.69) is 10.4 Å². The summed E-state index contributed by atoms with van der Waals surface area (Å²) >= 11 is 0. The molecular formula is C6H13N3. The number of nitrogens with two attached hydrogens (primary N) is 1. The molecule has 0 saturated heterocycles. The highest BCUT2D eigenvalue weighted by Gasteiger charge is 2.21. The lowest BCUT2D eigenvalue weighted by Gasteiger charge is -2.25. The maximum absolute atomic E-state index is 5.21. The lowest BCUT2D eigenvalue weighted by molar-refractivity contribution is 0.404. The minimum absolute atomic E-state index is 0.625. The van der Waals surface area contributed by atoms with Crippen LogP contribution in [0, 0.1) is 5.92 Å². The Labute approximate surface area is 55.3 Å². The monoisotopic (exact) mass is 127 g/mol. The van der Waals surface area contributed by atoms with E-state index in [-0.39, 0.29) is 0 Å². The predicted molar refractivity (Wildman–Crippen MR) is 38.0 cm³/mol. The van der Waals surface area contributed by atoms with Gasteiger partial charge in [-0.2, -0.15) is 0 Å². The van der Waals surface area contributed by atoms with E-state index in [1.807, 2.05) is 0 Å². The molecule has 52 valence electrons. The Bertz CT molecular complexity index is 115. The summed E-state index contributed by atoms with van der Waals surface area (Å²) in [6, 6.07) is 0. The summed E-state index contributed by atoms with van der Waals surface area (Å²) in [5, 5.41) is 0. The summed E-state index contributed by atoms with van der Waals surface area (Å²) in [7, 11) is 1.77. The van der Waals surface area contributed by atoms with Gasteiger partial charge >= 0.3 is 0 Å². The molecule has 9 heavy (non-hydrogen) atoms. The Hall–Kier alpha value is -0.570.